The lowest BCUT2D eigenvalue weighted by Crippen LogP contribution is -3.11. The van der Waals surface area contributed by atoms with Crippen LogP contribution in [0, 0.1) is 6.92 Å². The molecule has 6 fully saturated rings. The second-order valence-corrected chi connectivity index (χ2v) is 38.7. The Morgan fingerprint density at radius 3 is 1.18 bits per heavy atom. The van der Waals surface area contributed by atoms with Crippen LogP contribution in [0.2, 0.25) is 0 Å². The largest absolute Gasteiger partial charge is 0.780 e. The van der Waals surface area contributed by atoms with Crippen LogP contribution < -0.4 is 57.7 Å². The van der Waals surface area contributed by atoms with Gasteiger partial charge in [-0.2, -0.15) is 4.98 Å². The molecule has 0 spiro atoms. The van der Waals surface area contributed by atoms with E-state index in [1.54, 1.807) is 26.5 Å². The maximum atomic E-state index is 16.0. The van der Waals surface area contributed by atoms with Crippen molar-refractivity contribution in [1.29, 1.82) is 0 Å². The molecule has 14 rings (SSSR count). The number of ether oxygens (including phenoxy) is 4. The third-order valence-corrected chi connectivity index (χ3v) is 26.9. The third-order valence-electron chi connectivity index (χ3n) is 20.6. The number of quaternary nitrogens is 4. The van der Waals surface area contributed by atoms with Crippen molar-refractivity contribution in [2.45, 2.75) is 188 Å². The van der Waals surface area contributed by atoms with Gasteiger partial charge in [0.15, 0.2) is 82.5 Å². The molecule has 0 amide bonds. The van der Waals surface area contributed by atoms with Crippen molar-refractivity contribution in [2.24, 2.45) is 0 Å². The molecule has 14 heterocycles. The standard InChI is InChI=1S/C21H24FN9O10P2S2.C20H23FN10O10P2S2.4C6H15N/c1-7-28-18-12(19(33)29-7)27-6-31(18)21-13(32)15-9(39-21)3-37-42(34,44)40-14-8(2-36-43(35,45)41-15)38-20(10(14)22)30-5-26-11-16(23)24-4-25-17(11)30;21-8-12-6(38-18(8)30-4-26-9-14(22)24-3-25-15(9)30)1-36-43(35,45)41-13-7(2-37-42(34,44)40-12)39-19(11(13)32)31-5-27-10-16(31)28-20(23)29-17(10)33;4*1-4-7(5-2)6-3/h4-6,8-10,13-15,20-21,32H,2-3H2,1H3,(H,34,44)(H,35,45)(H2,23,24,25)(H,28,29,33);3-8,11-13,18-19,32H,1-2H2,(H,34,44)(H,35,45)(H2,22,24,25)(H3,23,28,29,33);4*4-6H2,1-3H3/p+2/t8-,9-,10-,13-,14-,15-,20-,21-,42?,43?;6-,7-,8-,11-,12-,13-,18-,19-,42?,43?;;;;/m11..../s1. The molecule has 0 radical (unpaired) electrons. The molecule has 118 heavy (non-hydrogen) atoms. The molecule has 8 aromatic heterocycles. The molecule has 6 saturated heterocycles. The Kier molecular flexibility index (Phi) is 35.1. The molecule has 660 valence electrons. The highest BCUT2D eigenvalue weighted by Crippen LogP contribution is 2.59. The maximum absolute atomic E-state index is 16.0. The van der Waals surface area contributed by atoms with E-state index in [0.717, 1.165) is 12.7 Å². The number of fused-ring (bicyclic) bond motifs is 8. The normalized spacial score (nSPS) is 31.2. The van der Waals surface area contributed by atoms with E-state index in [4.69, 9.17) is 108 Å². The monoisotopic (exact) mass is 1820 g/mol. The van der Waals surface area contributed by atoms with Gasteiger partial charge in [0, 0.05) is 0 Å². The summed E-state index contributed by atoms with van der Waals surface area (Å²) in [5, 5.41) is 22.5. The average molecular weight is 1820 g/mol. The predicted molar refractivity (Wildman–Crippen MR) is 438 cm³/mol. The molecule has 6 aliphatic heterocycles. The van der Waals surface area contributed by atoms with Crippen molar-refractivity contribution in [2.75, 3.05) is 122 Å². The zero-order valence-electron chi connectivity index (χ0n) is 67.5. The number of alkyl halides is 2. The lowest BCUT2D eigenvalue weighted by Gasteiger charge is -2.35. The van der Waals surface area contributed by atoms with Gasteiger partial charge in [0.1, 0.15) is 104 Å². The number of aliphatic hydroxyl groups excluding tert-OH is 2. The number of hydrogen-bond donors (Lipinski definition) is 13. The molecule has 8 aromatic rings. The fraction of sp³-hybridized carbons (Fsp3) is 0.692. The van der Waals surface area contributed by atoms with Crippen LogP contribution in [0.5, 0.6) is 0 Å². The lowest BCUT2D eigenvalue weighted by atomic mass is 10.1. The Morgan fingerprint density at radius 1 is 0.475 bits per heavy atom. The Balaban J connectivity index is 0.000000203. The smallest absolute Gasteiger partial charge is 0.386 e. The summed E-state index contributed by atoms with van der Waals surface area (Å²) in [7, 11) is 0. The number of halogens is 2. The maximum Gasteiger partial charge on any atom is 0.386 e. The number of rotatable bonds is 16. The zero-order chi connectivity index (χ0) is 86.5. The van der Waals surface area contributed by atoms with Gasteiger partial charge in [0.05, 0.1) is 130 Å². The zero-order valence-corrected chi connectivity index (χ0v) is 74.4. The van der Waals surface area contributed by atoms with Crippen molar-refractivity contribution in [3.05, 3.63) is 64.5 Å². The first-order valence-electron chi connectivity index (χ1n) is 38.7. The molecule has 43 nitrogen and oxygen atoms in total. The van der Waals surface area contributed by atoms with Gasteiger partial charge in [-0.1, -0.05) is 35.9 Å². The summed E-state index contributed by atoms with van der Waals surface area (Å²) in [6.07, 6.45) is -17.1. The number of imidazole rings is 4. The highest BCUT2D eigenvalue weighted by Gasteiger charge is 2.55. The number of nitrogens with zero attached hydrogens (tertiary/aromatic N) is 14. The van der Waals surface area contributed by atoms with E-state index in [1.807, 2.05) is 0 Å². The van der Waals surface area contributed by atoms with Gasteiger partial charge in [0.2, 0.25) is 5.95 Å². The van der Waals surface area contributed by atoms with Crippen molar-refractivity contribution in [3.8, 4) is 0 Å². The number of nitrogens with two attached hydrogens (primary N) is 3. The van der Waals surface area contributed by atoms with Crippen molar-refractivity contribution in [1.82, 2.24) is 78.1 Å². The first-order valence-corrected chi connectivity index (χ1v) is 49.1. The van der Waals surface area contributed by atoms with Gasteiger partial charge in [-0.3, -0.25) is 46.4 Å². The second-order valence-electron chi connectivity index (χ2n) is 27.6. The van der Waals surface area contributed by atoms with Crippen LogP contribution in [-0.4, -0.2) is 272 Å². The Labute approximate surface area is 699 Å². The molecule has 0 aliphatic carbocycles. The van der Waals surface area contributed by atoms with Crippen LogP contribution in [0.1, 0.15) is 114 Å². The number of thiol groups is 1. The summed E-state index contributed by atoms with van der Waals surface area (Å²) in [5.41, 5.74) is 16.7. The van der Waals surface area contributed by atoms with Crippen LogP contribution in [0.4, 0.5) is 26.4 Å². The third kappa shape index (κ3) is 23.4. The number of hydrogen-bond acceptors (Lipinski definition) is 35. The van der Waals surface area contributed by atoms with Gasteiger partial charge in [-0.05, 0) is 102 Å². The number of aliphatic hydroxyl groups is 2. The second kappa shape index (κ2) is 42.9. The van der Waals surface area contributed by atoms with E-state index in [0.29, 0.717) is 0 Å². The van der Waals surface area contributed by atoms with E-state index in [9.17, 15) is 39.0 Å². The summed E-state index contributed by atoms with van der Waals surface area (Å²) in [6.45, 7) is 23.4. The number of nitrogen functional groups attached to an aromatic ring is 3. The van der Waals surface area contributed by atoms with E-state index >= 15 is 8.78 Å². The van der Waals surface area contributed by atoms with Gasteiger partial charge >= 0.3 is 13.5 Å². The molecule has 6 aliphatic rings. The minimum Gasteiger partial charge on any atom is -0.780 e. The van der Waals surface area contributed by atoms with Crippen molar-refractivity contribution in [3.63, 3.8) is 0 Å². The first kappa shape index (κ1) is 96.6. The van der Waals surface area contributed by atoms with Crippen LogP contribution in [0.15, 0.2) is 47.6 Å². The van der Waals surface area contributed by atoms with Gasteiger partial charge < -0.3 is 108 Å². The summed E-state index contributed by atoms with van der Waals surface area (Å²) in [5.74, 6) is 0.140. The number of aryl methyl sites for hydroxylation is 1. The minimum atomic E-state index is -4.49. The van der Waals surface area contributed by atoms with E-state index < -0.39 is 163 Å². The van der Waals surface area contributed by atoms with Crippen LogP contribution in [-0.2, 0) is 95.1 Å². The first-order chi connectivity index (χ1) is 56.0. The number of nitrogens with one attached hydrogen (secondary N) is 6. The van der Waals surface area contributed by atoms with Gasteiger partial charge in [0.25, 0.3) is 11.1 Å². The summed E-state index contributed by atoms with van der Waals surface area (Å²) in [6, 6.07) is 0. The van der Waals surface area contributed by atoms with Crippen LogP contribution >= 0.6 is 39.2 Å². The molecular weight excluding hydrogens is 1710 g/mol. The summed E-state index contributed by atoms with van der Waals surface area (Å²) < 4.78 is 118. The van der Waals surface area contributed by atoms with Crippen LogP contribution in [0.25, 0.3) is 44.7 Å². The topological polar surface area (TPSA) is 545 Å². The lowest BCUT2D eigenvalue weighted by molar-refractivity contribution is -0.894. The molecule has 0 bridgehead atoms. The fourth-order valence-electron chi connectivity index (χ4n) is 13.6. The number of anilines is 3. The highest BCUT2D eigenvalue weighted by atomic mass is 32.7. The van der Waals surface area contributed by atoms with Crippen molar-refractivity contribution < 1.29 is 113 Å². The van der Waals surface area contributed by atoms with E-state index in [-0.39, 0.29) is 68.1 Å². The van der Waals surface area contributed by atoms with Crippen molar-refractivity contribution >= 4 is 137 Å². The number of H-pyrrole nitrogens is 2. The molecule has 20 atom stereocenters. The summed E-state index contributed by atoms with van der Waals surface area (Å²) in [4.78, 5) is 114. The van der Waals surface area contributed by atoms with Gasteiger partial charge in [-0.25, -0.2) is 58.2 Å². The number of aromatic amines is 2. The molecule has 15 N–H and O–H groups in total. The van der Waals surface area contributed by atoms with E-state index in [1.165, 1.54) is 122 Å². The predicted octanol–water partition coefficient (Wildman–Crippen LogP) is -2.26. The molecule has 0 aromatic carbocycles. The summed E-state index contributed by atoms with van der Waals surface area (Å²) >= 11 is 19.3. The average Bonchev–Trinajstić information content (AvgIpc) is 1.60. The number of aromatic nitrogens is 16. The minimum absolute atomic E-state index is 0.0312. The molecular formula is C65H109F2N23O20P4S4+2. The highest BCUT2D eigenvalue weighted by molar-refractivity contribution is 8.44. The van der Waals surface area contributed by atoms with Crippen LogP contribution in [0.3, 0.4) is 0 Å². The molecule has 0 saturated carbocycles. The Bertz CT molecular complexity index is 4580. The van der Waals surface area contributed by atoms with E-state index in [2.05, 4.69) is 155 Å². The van der Waals surface area contributed by atoms with Gasteiger partial charge in [-0.15, -0.1) is 0 Å². The fourth-order valence-corrected chi connectivity index (χ4v) is 19.4. The SMILES string of the molecule is CC[NH+](CC)CC.CC[NH+](CC)CC.CC[NH+](CC)CC.CC[NH+](CC)CC.Cc1nc2c(ncn2[C@@H]2O[C@@H]3COP([O-])(=S)O[C@H]4[C@@H](F)[C@H](n5cnc6c(N)ncnc65)O[C@@H]4COP(=O)(S)O[C@H]3[C@H]2O)c(=O)[nH]1.Nc1nc2c(ncn2[C@@H]2O[C@@H]3COP([O-])(=S)O[C@H]4[C@@H](F)[C@H](n5cnc6c(N)ncnc65)O[C@@H]4COP(O)(=S)O[C@H]3[C@H]2O)c(=O)[nH]1. The molecule has 4 unspecified atom stereocenters. The Hall–Kier alpha value is -5.25. The molecule has 53 heteroatoms. The Morgan fingerprint density at radius 2 is 0.797 bits per heavy atom. The quantitative estimate of drug-likeness (QED) is 0.0359.